The van der Waals surface area contributed by atoms with E-state index in [9.17, 15) is 14.4 Å². The van der Waals surface area contributed by atoms with Crippen molar-refractivity contribution >= 4 is 52.2 Å². The smallest absolute Gasteiger partial charge is 0.356 e. The number of hydrogen-bond donors (Lipinski definition) is 1. The van der Waals surface area contributed by atoms with Gasteiger partial charge in [-0.05, 0) is 28.8 Å². The first-order valence-corrected chi connectivity index (χ1v) is 16.8. The standard InChI is InChI=1S/C37H29N3O4S2/c41-30(22-24-12-4-1-5-13-24)39-32-35(42)40-33(37(43)44-34(26-15-6-2-7-16-26)27-17-8-3-9-18-27)29(23-45-36(32)40)46-31-21-20-25-14-10-11-19-28(25)38-31/h1-21,32,34,36H,22-23H2,(H,39,41)/t32?,36-/m1/s1. The largest absolute Gasteiger partial charge is 0.448 e. The van der Waals surface area contributed by atoms with E-state index in [1.54, 1.807) is 0 Å². The minimum Gasteiger partial charge on any atom is -0.448 e. The van der Waals surface area contributed by atoms with Crippen LogP contribution in [0.2, 0.25) is 0 Å². The van der Waals surface area contributed by atoms with Crippen molar-refractivity contribution in [3.8, 4) is 0 Å². The van der Waals surface area contributed by atoms with Crippen molar-refractivity contribution in [2.24, 2.45) is 0 Å². The number of ether oxygens (including phenoxy) is 1. The van der Waals surface area contributed by atoms with Gasteiger partial charge in [0.2, 0.25) is 5.91 Å². The predicted molar refractivity (Wildman–Crippen MR) is 181 cm³/mol. The van der Waals surface area contributed by atoms with Crippen molar-refractivity contribution in [1.82, 2.24) is 15.2 Å². The highest BCUT2D eigenvalue weighted by Crippen LogP contribution is 2.46. The maximum Gasteiger partial charge on any atom is 0.356 e. The summed E-state index contributed by atoms with van der Waals surface area (Å²) in [5.41, 5.74) is 3.53. The van der Waals surface area contributed by atoms with Crippen LogP contribution in [0.3, 0.4) is 0 Å². The third-order valence-corrected chi connectivity index (χ3v) is 10.4. The Labute approximate surface area is 275 Å². The number of nitrogens with one attached hydrogen (secondary N) is 1. The Morgan fingerprint density at radius 2 is 1.48 bits per heavy atom. The van der Waals surface area contributed by atoms with Crippen molar-refractivity contribution in [3.05, 3.63) is 155 Å². The Bertz CT molecular complexity index is 1900. The number of amides is 2. The SMILES string of the molecule is O=C(Cc1ccccc1)NC1C(=O)N2C(C(=O)OC(c3ccccc3)c3ccccc3)=C(Sc3ccc4ccccc4n3)CS[C@H]12. The van der Waals surface area contributed by atoms with Crippen LogP contribution in [-0.4, -0.2) is 44.8 Å². The van der Waals surface area contributed by atoms with E-state index >= 15 is 0 Å². The van der Waals surface area contributed by atoms with E-state index in [0.29, 0.717) is 15.7 Å². The molecule has 46 heavy (non-hydrogen) atoms. The van der Waals surface area contributed by atoms with Crippen LogP contribution in [-0.2, 0) is 25.5 Å². The molecule has 0 bridgehead atoms. The van der Waals surface area contributed by atoms with Gasteiger partial charge in [-0.25, -0.2) is 9.78 Å². The van der Waals surface area contributed by atoms with Gasteiger partial charge in [-0.15, -0.1) is 11.8 Å². The van der Waals surface area contributed by atoms with Crippen LogP contribution in [0.4, 0.5) is 0 Å². The van der Waals surface area contributed by atoms with Gasteiger partial charge in [0.1, 0.15) is 22.1 Å². The zero-order chi connectivity index (χ0) is 31.5. The van der Waals surface area contributed by atoms with E-state index in [1.165, 1.54) is 28.4 Å². The summed E-state index contributed by atoms with van der Waals surface area (Å²) in [5.74, 6) is -0.740. The Morgan fingerprint density at radius 3 is 2.17 bits per heavy atom. The second-order valence-electron chi connectivity index (χ2n) is 10.9. The fraction of sp³-hybridized carbons (Fsp3) is 0.135. The lowest BCUT2D eigenvalue weighted by Crippen LogP contribution is -2.70. The number of fused-ring (bicyclic) bond motifs is 2. The van der Waals surface area contributed by atoms with Gasteiger partial charge >= 0.3 is 5.97 Å². The van der Waals surface area contributed by atoms with Crippen LogP contribution < -0.4 is 5.32 Å². The molecule has 2 aliphatic rings. The molecule has 228 valence electrons. The number of β-lactam (4-membered cyclic amide) rings is 1. The molecule has 2 amide bonds. The maximum absolute atomic E-state index is 14.3. The molecule has 5 aromatic rings. The topological polar surface area (TPSA) is 88.6 Å². The number of esters is 1. The van der Waals surface area contributed by atoms with E-state index in [2.05, 4.69) is 5.32 Å². The van der Waals surface area contributed by atoms with Crippen LogP contribution in [0.1, 0.15) is 22.8 Å². The summed E-state index contributed by atoms with van der Waals surface area (Å²) in [6.45, 7) is 0. The molecule has 0 aliphatic carbocycles. The molecule has 7 nitrogen and oxygen atoms in total. The lowest BCUT2D eigenvalue weighted by atomic mass is 10.0. The van der Waals surface area contributed by atoms with Crippen LogP contribution >= 0.6 is 23.5 Å². The van der Waals surface area contributed by atoms with Crippen LogP contribution in [0.15, 0.2) is 143 Å². The average molecular weight is 644 g/mol. The van der Waals surface area contributed by atoms with Crippen molar-refractivity contribution in [1.29, 1.82) is 0 Å². The summed E-state index contributed by atoms with van der Waals surface area (Å²) in [7, 11) is 0. The molecule has 7 rings (SSSR count). The van der Waals surface area contributed by atoms with E-state index in [4.69, 9.17) is 9.72 Å². The molecule has 0 radical (unpaired) electrons. The molecular formula is C37H29N3O4S2. The quantitative estimate of drug-likeness (QED) is 0.145. The van der Waals surface area contributed by atoms with Gasteiger partial charge < -0.3 is 10.1 Å². The minimum absolute atomic E-state index is 0.164. The summed E-state index contributed by atoms with van der Waals surface area (Å²) in [4.78, 5) is 47.9. The first-order valence-electron chi connectivity index (χ1n) is 14.9. The van der Waals surface area contributed by atoms with Gasteiger partial charge in [0.05, 0.1) is 11.9 Å². The highest BCUT2D eigenvalue weighted by Gasteiger charge is 2.54. The summed E-state index contributed by atoms with van der Waals surface area (Å²) < 4.78 is 6.28. The highest BCUT2D eigenvalue weighted by atomic mass is 32.2. The number of rotatable bonds is 9. The number of thioether (sulfide) groups is 2. The first kappa shape index (κ1) is 29.8. The normalized spacial score (nSPS) is 17.4. The molecule has 9 heteroatoms. The maximum atomic E-state index is 14.3. The number of carbonyl (C=O) groups is 3. The number of hydrogen-bond acceptors (Lipinski definition) is 7. The van der Waals surface area contributed by atoms with Gasteiger partial charge in [-0.3, -0.25) is 14.5 Å². The molecule has 3 heterocycles. The van der Waals surface area contributed by atoms with Crippen LogP contribution in [0.25, 0.3) is 10.9 Å². The predicted octanol–water partition coefficient (Wildman–Crippen LogP) is 6.51. The van der Waals surface area contributed by atoms with Gasteiger partial charge in [0, 0.05) is 16.0 Å². The zero-order valence-electron chi connectivity index (χ0n) is 24.6. The van der Waals surface area contributed by atoms with E-state index in [-0.39, 0.29) is 23.9 Å². The number of pyridine rings is 1. The van der Waals surface area contributed by atoms with E-state index in [1.807, 2.05) is 127 Å². The molecule has 4 aromatic carbocycles. The molecule has 2 aliphatic heterocycles. The summed E-state index contributed by atoms with van der Waals surface area (Å²) in [6.07, 6.45) is -0.518. The second-order valence-corrected chi connectivity index (χ2v) is 13.2. The average Bonchev–Trinajstić information content (AvgIpc) is 3.10. The molecule has 2 atom stereocenters. The van der Waals surface area contributed by atoms with E-state index < -0.39 is 23.5 Å². The Kier molecular flexibility index (Phi) is 8.59. The minimum atomic E-state index is -0.742. The second kappa shape index (κ2) is 13.2. The Morgan fingerprint density at radius 1 is 0.848 bits per heavy atom. The number of carbonyl (C=O) groups excluding carboxylic acids is 3. The molecule has 0 spiro atoms. The van der Waals surface area contributed by atoms with Gasteiger partial charge in [-0.1, -0.05) is 127 Å². The summed E-state index contributed by atoms with van der Waals surface area (Å²) >= 11 is 2.87. The number of nitrogens with zero attached hydrogens (tertiary/aromatic N) is 2. The number of benzene rings is 4. The summed E-state index contributed by atoms with van der Waals surface area (Å²) in [6, 6.07) is 39.5. The fourth-order valence-electron chi connectivity index (χ4n) is 5.64. The third-order valence-electron chi connectivity index (χ3n) is 7.88. The van der Waals surface area contributed by atoms with Crippen molar-refractivity contribution in [2.75, 3.05) is 5.75 Å². The molecule has 1 fully saturated rings. The van der Waals surface area contributed by atoms with Crippen molar-refractivity contribution in [3.63, 3.8) is 0 Å². The Balaban J connectivity index is 1.20. The number of para-hydroxylation sites is 1. The molecule has 0 saturated carbocycles. The molecule has 1 aromatic heterocycles. The van der Waals surface area contributed by atoms with Crippen LogP contribution in [0, 0.1) is 0 Å². The molecule has 1 N–H and O–H groups in total. The molecule has 1 unspecified atom stereocenters. The lowest BCUT2D eigenvalue weighted by Gasteiger charge is -2.49. The third kappa shape index (κ3) is 6.16. The van der Waals surface area contributed by atoms with Gasteiger partial charge in [-0.2, -0.15) is 0 Å². The number of aromatic nitrogens is 1. The van der Waals surface area contributed by atoms with Crippen LogP contribution in [0.5, 0.6) is 0 Å². The highest BCUT2D eigenvalue weighted by molar-refractivity contribution is 8.06. The fourth-order valence-corrected chi connectivity index (χ4v) is 8.09. The first-order chi connectivity index (χ1) is 22.5. The van der Waals surface area contributed by atoms with E-state index in [0.717, 1.165) is 27.6 Å². The molecular weight excluding hydrogens is 615 g/mol. The zero-order valence-corrected chi connectivity index (χ0v) is 26.2. The summed E-state index contributed by atoms with van der Waals surface area (Å²) in [5, 5.41) is 4.19. The molecule has 1 saturated heterocycles. The van der Waals surface area contributed by atoms with Crippen molar-refractivity contribution in [2.45, 2.75) is 29.0 Å². The Hall–Kier alpha value is -4.86. The monoisotopic (exact) mass is 643 g/mol. The van der Waals surface area contributed by atoms with Crippen molar-refractivity contribution < 1.29 is 19.1 Å². The van der Waals surface area contributed by atoms with Gasteiger partial charge in [0.25, 0.3) is 5.91 Å². The lowest BCUT2D eigenvalue weighted by molar-refractivity contribution is -0.154. The van der Waals surface area contributed by atoms with Gasteiger partial charge in [0.15, 0.2) is 6.10 Å².